The second-order valence-corrected chi connectivity index (χ2v) is 7.86. The molecule has 2 fully saturated rings. The fourth-order valence-electron chi connectivity index (χ4n) is 3.05. The first-order valence-corrected chi connectivity index (χ1v) is 8.33. The molecule has 0 amide bonds. The minimum Gasteiger partial charge on any atom is -0.390 e. The van der Waals surface area contributed by atoms with Crippen LogP contribution in [0, 0.1) is 5.92 Å². The van der Waals surface area contributed by atoms with Crippen LogP contribution in [0.1, 0.15) is 25.7 Å². The second-order valence-electron chi connectivity index (χ2n) is 5.84. The van der Waals surface area contributed by atoms with Crippen LogP contribution in [0.5, 0.6) is 0 Å². The molecular formula is C12H24N2O3S. The largest absolute Gasteiger partial charge is 0.390 e. The van der Waals surface area contributed by atoms with Gasteiger partial charge in [0, 0.05) is 13.1 Å². The summed E-state index contributed by atoms with van der Waals surface area (Å²) in [5, 5.41) is 9.91. The minimum absolute atomic E-state index is 0.0802. The molecule has 2 aliphatic rings. The number of aliphatic hydroxyl groups is 1. The summed E-state index contributed by atoms with van der Waals surface area (Å²) in [6, 6.07) is -0.0802. The highest BCUT2D eigenvalue weighted by Crippen LogP contribution is 2.28. The van der Waals surface area contributed by atoms with Crippen LogP contribution in [0.25, 0.3) is 0 Å². The van der Waals surface area contributed by atoms with E-state index in [1.54, 1.807) is 0 Å². The van der Waals surface area contributed by atoms with Crippen LogP contribution in [-0.2, 0) is 10.0 Å². The van der Waals surface area contributed by atoms with E-state index in [2.05, 4.69) is 0 Å². The number of likely N-dealkylation sites (N-methyl/N-ethyl adjacent to an activating group) is 1. The van der Waals surface area contributed by atoms with Gasteiger partial charge in [-0.15, -0.1) is 0 Å². The van der Waals surface area contributed by atoms with Crippen LogP contribution in [0.4, 0.5) is 0 Å². The quantitative estimate of drug-likeness (QED) is 0.792. The van der Waals surface area contributed by atoms with Crippen molar-refractivity contribution in [2.24, 2.45) is 5.92 Å². The van der Waals surface area contributed by atoms with Gasteiger partial charge in [-0.25, -0.2) is 8.42 Å². The van der Waals surface area contributed by atoms with E-state index < -0.39 is 16.1 Å². The van der Waals surface area contributed by atoms with Crippen molar-refractivity contribution in [3.63, 3.8) is 0 Å². The molecular weight excluding hydrogens is 252 g/mol. The SMILES string of the molecule is CN(C)[C@H]1CN(S(=O)(=O)CC2CCCC2)C[C@@H]1O. The Kier molecular flexibility index (Phi) is 4.31. The molecule has 2 rings (SSSR count). The standard InChI is InChI=1S/C12H24N2O3S/c1-13(2)11-7-14(8-12(11)15)18(16,17)9-10-5-3-4-6-10/h10-12,15H,3-9H2,1-2H3/t11-,12-/m0/s1. The lowest BCUT2D eigenvalue weighted by Crippen LogP contribution is -2.38. The highest BCUT2D eigenvalue weighted by Gasteiger charge is 2.39. The van der Waals surface area contributed by atoms with Gasteiger partial charge < -0.3 is 10.0 Å². The minimum atomic E-state index is -3.20. The summed E-state index contributed by atoms with van der Waals surface area (Å²) in [4.78, 5) is 1.90. The monoisotopic (exact) mass is 276 g/mol. The molecule has 6 heteroatoms. The number of hydrogen-bond donors (Lipinski definition) is 1. The first-order valence-electron chi connectivity index (χ1n) is 6.72. The van der Waals surface area contributed by atoms with Crippen LogP contribution in [-0.4, -0.2) is 67.8 Å². The van der Waals surface area contributed by atoms with Gasteiger partial charge in [0.25, 0.3) is 0 Å². The predicted octanol–water partition coefficient (Wildman–Crippen LogP) is 0.113. The lowest BCUT2D eigenvalue weighted by Gasteiger charge is -2.22. The van der Waals surface area contributed by atoms with E-state index in [4.69, 9.17) is 0 Å². The van der Waals surface area contributed by atoms with Crippen molar-refractivity contribution in [1.29, 1.82) is 0 Å². The van der Waals surface area contributed by atoms with Crippen molar-refractivity contribution in [2.75, 3.05) is 32.9 Å². The molecule has 1 saturated carbocycles. The lowest BCUT2D eigenvalue weighted by molar-refractivity contribution is 0.113. The van der Waals surface area contributed by atoms with Crippen molar-refractivity contribution in [1.82, 2.24) is 9.21 Å². The van der Waals surface area contributed by atoms with Crippen LogP contribution in [0.15, 0.2) is 0 Å². The molecule has 0 bridgehead atoms. The molecule has 0 aromatic rings. The van der Waals surface area contributed by atoms with Crippen molar-refractivity contribution in [3.8, 4) is 0 Å². The smallest absolute Gasteiger partial charge is 0.214 e. The molecule has 18 heavy (non-hydrogen) atoms. The summed E-state index contributed by atoms with van der Waals surface area (Å²) >= 11 is 0. The topological polar surface area (TPSA) is 60.9 Å². The average Bonchev–Trinajstić information content (AvgIpc) is 2.86. The number of hydrogen-bond acceptors (Lipinski definition) is 4. The van der Waals surface area contributed by atoms with Gasteiger partial charge in [0.1, 0.15) is 0 Å². The fraction of sp³-hybridized carbons (Fsp3) is 1.00. The maximum atomic E-state index is 12.3. The number of sulfonamides is 1. The first-order chi connectivity index (χ1) is 8.40. The first kappa shape index (κ1) is 14.2. The van der Waals surface area contributed by atoms with E-state index in [1.165, 1.54) is 4.31 Å². The summed E-state index contributed by atoms with van der Waals surface area (Å²) < 4.78 is 26.1. The molecule has 1 aliphatic carbocycles. The summed E-state index contributed by atoms with van der Waals surface area (Å²) in [5.74, 6) is 0.588. The Labute approximate surface area is 110 Å². The molecule has 1 heterocycles. The summed E-state index contributed by atoms with van der Waals surface area (Å²) in [7, 11) is 0.556. The van der Waals surface area contributed by atoms with Crippen molar-refractivity contribution < 1.29 is 13.5 Å². The lowest BCUT2D eigenvalue weighted by atomic mass is 10.1. The van der Waals surface area contributed by atoms with Crippen molar-refractivity contribution in [2.45, 2.75) is 37.8 Å². The zero-order valence-electron chi connectivity index (χ0n) is 11.2. The predicted molar refractivity (Wildman–Crippen MR) is 70.8 cm³/mol. The maximum Gasteiger partial charge on any atom is 0.214 e. The highest BCUT2D eigenvalue weighted by atomic mass is 32.2. The molecule has 106 valence electrons. The third-order valence-corrected chi connectivity index (χ3v) is 6.18. The number of rotatable bonds is 4. The third kappa shape index (κ3) is 3.04. The van der Waals surface area contributed by atoms with E-state index in [0.717, 1.165) is 25.7 Å². The molecule has 0 aromatic carbocycles. The summed E-state index contributed by atoms with van der Waals surface area (Å²) in [6.45, 7) is 0.668. The molecule has 5 nitrogen and oxygen atoms in total. The molecule has 0 radical (unpaired) electrons. The van der Waals surface area contributed by atoms with Gasteiger partial charge in [-0.2, -0.15) is 4.31 Å². The van der Waals surface area contributed by atoms with Crippen LogP contribution < -0.4 is 0 Å². The summed E-state index contributed by atoms with van der Waals surface area (Å²) in [6.07, 6.45) is 3.81. The highest BCUT2D eigenvalue weighted by molar-refractivity contribution is 7.89. The van der Waals surface area contributed by atoms with Crippen molar-refractivity contribution >= 4 is 10.0 Å². The maximum absolute atomic E-state index is 12.3. The Morgan fingerprint density at radius 1 is 1.22 bits per heavy atom. The molecule has 0 aromatic heterocycles. The van der Waals surface area contributed by atoms with E-state index in [9.17, 15) is 13.5 Å². The molecule has 0 spiro atoms. The average molecular weight is 276 g/mol. The zero-order valence-corrected chi connectivity index (χ0v) is 12.1. The Morgan fingerprint density at radius 2 is 1.83 bits per heavy atom. The molecule has 1 aliphatic heterocycles. The molecule has 0 unspecified atom stereocenters. The second kappa shape index (κ2) is 5.45. The Balaban J connectivity index is 1.98. The fourth-order valence-corrected chi connectivity index (χ4v) is 4.95. The Hall–Kier alpha value is -0.170. The van der Waals surface area contributed by atoms with Gasteiger partial charge in [0.15, 0.2) is 0 Å². The van der Waals surface area contributed by atoms with E-state index in [1.807, 2.05) is 19.0 Å². The van der Waals surface area contributed by atoms with E-state index in [-0.39, 0.29) is 18.3 Å². The van der Waals surface area contributed by atoms with Gasteiger partial charge in [-0.1, -0.05) is 12.8 Å². The van der Waals surface area contributed by atoms with Crippen LogP contribution in [0.2, 0.25) is 0 Å². The third-order valence-electron chi connectivity index (χ3n) is 4.20. The number of nitrogens with zero attached hydrogens (tertiary/aromatic N) is 2. The zero-order chi connectivity index (χ0) is 13.3. The Morgan fingerprint density at radius 3 is 2.33 bits per heavy atom. The van der Waals surface area contributed by atoms with Crippen molar-refractivity contribution in [3.05, 3.63) is 0 Å². The van der Waals surface area contributed by atoms with Crippen LogP contribution in [0.3, 0.4) is 0 Å². The normalized spacial score (nSPS) is 31.6. The molecule has 2 atom stereocenters. The number of aliphatic hydroxyl groups excluding tert-OH is 1. The van der Waals surface area contributed by atoms with Crippen LogP contribution >= 0.6 is 0 Å². The van der Waals surface area contributed by atoms with E-state index >= 15 is 0 Å². The Bertz CT molecular complexity index is 377. The number of β-amino-alcohol motifs (C(OH)–C–C–N with tert-alkyl or cyclic N) is 1. The van der Waals surface area contributed by atoms with Gasteiger partial charge in [0.05, 0.1) is 17.9 Å². The molecule has 1 N–H and O–H groups in total. The summed E-state index contributed by atoms with van der Waals surface area (Å²) in [5.41, 5.74) is 0. The van der Waals surface area contributed by atoms with Gasteiger partial charge in [0.2, 0.25) is 10.0 Å². The molecule has 1 saturated heterocycles. The van der Waals surface area contributed by atoms with Gasteiger partial charge in [-0.05, 0) is 32.9 Å². The van der Waals surface area contributed by atoms with Gasteiger partial charge in [-0.3, -0.25) is 0 Å². The van der Waals surface area contributed by atoms with Gasteiger partial charge >= 0.3 is 0 Å². The van der Waals surface area contributed by atoms with E-state index in [0.29, 0.717) is 12.5 Å².